The number of nitrogens with zero attached hydrogens (tertiary/aromatic N) is 3. The van der Waals surface area contributed by atoms with E-state index in [4.69, 9.17) is 0 Å². The zero-order valence-corrected chi connectivity index (χ0v) is 14.8. The van der Waals surface area contributed by atoms with E-state index in [1.54, 1.807) is 18.5 Å². The number of carbonyl (C=O) groups is 1. The highest BCUT2D eigenvalue weighted by atomic mass is 16.1. The Hall–Kier alpha value is -3.28. The fourth-order valence-corrected chi connectivity index (χ4v) is 2.40. The van der Waals surface area contributed by atoms with E-state index in [1.165, 1.54) is 0 Å². The van der Waals surface area contributed by atoms with Crippen LogP contribution in [0.4, 0.5) is 5.82 Å². The van der Waals surface area contributed by atoms with Gasteiger partial charge in [0.05, 0.1) is 0 Å². The van der Waals surface area contributed by atoms with E-state index in [0.717, 1.165) is 11.1 Å². The molecule has 3 aromatic rings. The lowest BCUT2D eigenvalue weighted by Gasteiger charge is -2.12. The van der Waals surface area contributed by atoms with E-state index in [2.05, 4.69) is 25.6 Å². The molecule has 3 rings (SSSR count). The Labute approximate surface area is 152 Å². The van der Waals surface area contributed by atoms with Crippen LogP contribution in [0.3, 0.4) is 0 Å². The van der Waals surface area contributed by atoms with Crippen LogP contribution in [-0.2, 0) is 6.54 Å². The summed E-state index contributed by atoms with van der Waals surface area (Å²) in [5.74, 6) is 0.885. The maximum atomic E-state index is 12.4. The monoisotopic (exact) mass is 347 g/mol. The molecular formula is C20H21N5O. The van der Waals surface area contributed by atoms with E-state index < -0.39 is 0 Å². The minimum Gasteiger partial charge on any atom is -0.366 e. The smallest absolute Gasteiger partial charge is 0.270 e. The van der Waals surface area contributed by atoms with Crippen molar-refractivity contribution in [2.75, 3.05) is 5.32 Å². The van der Waals surface area contributed by atoms with E-state index in [0.29, 0.717) is 23.9 Å². The van der Waals surface area contributed by atoms with Gasteiger partial charge in [-0.15, -0.1) is 0 Å². The third-order valence-corrected chi connectivity index (χ3v) is 3.61. The molecule has 0 aliphatic heterocycles. The first kappa shape index (κ1) is 17.5. The largest absolute Gasteiger partial charge is 0.366 e. The standard InChI is InChI=1S/C20H21N5O/c1-14(2)23-20(26)17-11-18(22-13-15-7-6-10-21-12-15)25-19(24-17)16-8-4-3-5-9-16/h3-12,14H,13H2,1-2H3,(H,23,26)(H,22,24,25). The van der Waals surface area contributed by atoms with Crippen molar-refractivity contribution in [3.8, 4) is 11.4 Å². The lowest BCUT2D eigenvalue weighted by Crippen LogP contribution is -2.31. The summed E-state index contributed by atoms with van der Waals surface area (Å²) in [6, 6.07) is 15.2. The SMILES string of the molecule is CC(C)NC(=O)c1cc(NCc2cccnc2)nc(-c2ccccc2)n1. The quantitative estimate of drug-likeness (QED) is 0.715. The molecule has 0 saturated carbocycles. The summed E-state index contributed by atoms with van der Waals surface area (Å²) in [6.45, 7) is 4.39. The van der Waals surface area contributed by atoms with Gasteiger partial charge < -0.3 is 10.6 Å². The zero-order chi connectivity index (χ0) is 18.4. The molecule has 132 valence electrons. The second kappa shape index (κ2) is 8.20. The third kappa shape index (κ3) is 4.63. The van der Waals surface area contributed by atoms with Crippen LogP contribution in [0, 0.1) is 0 Å². The van der Waals surface area contributed by atoms with Crippen molar-refractivity contribution in [2.45, 2.75) is 26.4 Å². The van der Waals surface area contributed by atoms with Gasteiger partial charge in [-0.1, -0.05) is 36.4 Å². The topological polar surface area (TPSA) is 79.8 Å². The molecule has 0 aliphatic carbocycles. The van der Waals surface area contributed by atoms with Gasteiger partial charge in [-0.3, -0.25) is 9.78 Å². The third-order valence-electron chi connectivity index (χ3n) is 3.61. The van der Waals surface area contributed by atoms with Gasteiger partial charge in [0.1, 0.15) is 11.5 Å². The highest BCUT2D eigenvalue weighted by Crippen LogP contribution is 2.18. The molecule has 0 aliphatic rings. The number of benzene rings is 1. The molecule has 6 nitrogen and oxygen atoms in total. The Morgan fingerprint density at radius 2 is 1.88 bits per heavy atom. The summed E-state index contributed by atoms with van der Waals surface area (Å²) >= 11 is 0. The highest BCUT2D eigenvalue weighted by Gasteiger charge is 2.13. The predicted octanol–water partition coefficient (Wildman–Crippen LogP) is 3.29. The molecule has 0 spiro atoms. The molecule has 0 atom stereocenters. The highest BCUT2D eigenvalue weighted by molar-refractivity contribution is 5.93. The van der Waals surface area contributed by atoms with Crippen LogP contribution in [0.15, 0.2) is 60.9 Å². The van der Waals surface area contributed by atoms with E-state index in [9.17, 15) is 4.79 Å². The average Bonchev–Trinajstić information content (AvgIpc) is 2.67. The minimum absolute atomic E-state index is 0.0319. The first-order valence-electron chi connectivity index (χ1n) is 8.50. The van der Waals surface area contributed by atoms with Crippen LogP contribution in [0.25, 0.3) is 11.4 Å². The normalized spacial score (nSPS) is 10.6. The van der Waals surface area contributed by atoms with Gasteiger partial charge in [-0.2, -0.15) is 0 Å². The summed E-state index contributed by atoms with van der Waals surface area (Å²) < 4.78 is 0. The molecule has 0 radical (unpaired) electrons. The lowest BCUT2D eigenvalue weighted by atomic mass is 10.2. The number of rotatable bonds is 6. The van der Waals surface area contributed by atoms with Gasteiger partial charge in [-0.25, -0.2) is 9.97 Å². The molecular weight excluding hydrogens is 326 g/mol. The van der Waals surface area contributed by atoms with Gasteiger partial charge in [0.2, 0.25) is 0 Å². The van der Waals surface area contributed by atoms with Crippen molar-refractivity contribution in [3.05, 3.63) is 72.2 Å². The number of hydrogen-bond acceptors (Lipinski definition) is 5. The van der Waals surface area contributed by atoms with Gasteiger partial charge >= 0.3 is 0 Å². The molecule has 1 aromatic carbocycles. The van der Waals surface area contributed by atoms with E-state index >= 15 is 0 Å². The molecule has 26 heavy (non-hydrogen) atoms. The predicted molar refractivity (Wildman–Crippen MR) is 102 cm³/mol. The Kier molecular flexibility index (Phi) is 5.53. The molecule has 0 fully saturated rings. The van der Waals surface area contributed by atoms with Crippen molar-refractivity contribution < 1.29 is 4.79 Å². The molecule has 6 heteroatoms. The summed E-state index contributed by atoms with van der Waals surface area (Å²) in [4.78, 5) is 25.5. The number of anilines is 1. The Morgan fingerprint density at radius 1 is 1.08 bits per heavy atom. The van der Waals surface area contributed by atoms with Gasteiger partial charge in [0, 0.05) is 36.6 Å². The van der Waals surface area contributed by atoms with Crippen LogP contribution < -0.4 is 10.6 Å². The maximum absolute atomic E-state index is 12.4. The second-order valence-electron chi connectivity index (χ2n) is 6.17. The second-order valence-corrected chi connectivity index (χ2v) is 6.17. The van der Waals surface area contributed by atoms with E-state index in [1.807, 2.05) is 56.3 Å². The Bertz CT molecular complexity index is 866. The average molecular weight is 347 g/mol. The summed E-state index contributed by atoms with van der Waals surface area (Å²) in [7, 11) is 0. The van der Waals surface area contributed by atoms with Gasteiger partial charge in [-0.05, 0) is 25.5 Å². The number of pyridine rings is 1. The van der Waals surface area contributed by atoms with Crippen LogP contribution in [0.5, 0.6) is 0 Å². The summed E-state index contributed by atoms with van der Waals surface area (Å²) in [6.07, 6.45) is 3.52. The first-order valence-corrected chi connectivity index (χ1v) is 8.50. The fraction of sp³-hybridized carbons (Fsp3) is 0.200. The van der Waals surface area contributed by atoms with Gasteiger partial charge in [0.15, 0.2) is 5.82 Å². The van der Waals surface area contributed by atoms with Crippen molar-refractivity contribution in [1.29, 1.82) is 0 Å². The molecule has 0 bridgehead atoms. The van der Waals surface area contributed by atoms with Crippen molar-refractivity contribution in [1.82, 2.24) is 20.3 Å². The van der Waals surface area contributed by atoms with Crippen molar-refractivity contribution >= 4 is 11.7 Å². The Balaban J connectivity index is 1.90. The van der Waals surface area contributed by atoms with Crippen LogP contribution >= 0.6 is 0 Å². The lowest BCUT2D eigenvalue weighted by molar-refractivity contribution is 0.0938. The van der Waals surface area contributed by atoms with Crippen LogP contribution in [-0.4, -0.2) is 26.9 Å². The fourth-order valence-electron chi connectivity index (χ4n) is 2.40. The molecule has 0 saturated heterocycles. The molecule has 2 heterocycles. The van der Waals surface area contributed by atoms with Gasteiger partial charge in [0.25, 0.3) is 5.91 Å². The summed E-state index contributed by atoms with van der Waals surface area (Å²) in [5, 5.41) is 6.12. The van der Waals surface area contributed by atoms with Crippen LogP contribution in [0.2, 0.25) is 0 Å². The summed E-state index contributed by atoms with van der Waals surface area (Å²) in [5.41, 5.74) is 2.22. The molecule has 1 amide bonds. The van der Waals surface area contributed by atoms with Crippen LogP contribution in [0.1, 0.15) is 29.9 Å². The maximum Gasteiger partial charge on any atom is 0.270 e. The molecule has 2 aromatic heterocycles. The zero-order valence-electron chi connectivity index (χ0n) is 14.8. The Morgan fingerprint density at radius 3 is 2.58 bits per heavy atom. The number of amides is 1. The molecule has 2 N–H and O–H groups in total. The molecule has 0 unspecified atom stereocenters. The first-order chi connectivity index (χ1) is 12.6. The van der Waals surface area contributed by atoms with Crippen molar-refractivity contribution in [2.24, 2.45) is 0 Å². The number of aromatic nitrogens is 3. The minimum atomic E-state index is -0.219. The van der Waals surface area contributed by atoms with Crippen molar-refractivity contribution in [3.63, 3.8) is 0 Å². The number of nitrogens with one attached hydrogen (secondary N) is 2. The number of hydrogen-bond donors (Lipinski definition) is 2. The number of carbonyl (C=O) groups excluding carboxylic acids is 1. The van der Waals surface area contributed by atoms with E-state index in [-0.39, 0.29) is 11.9 Å².